The Balaban J connectivity index is 1.57. The van der Waals surface area contributed by atoms with Gasteiger partial charge in [-0.3, -0.25) is 4.79 Å². The molecule has 4 aromatic rings. The molecule has 0 radical (unpaired) electrons. The molecule has 1 atom stereocenters. The van der Waals surface area contributed by atoms with Gasteiger partial charge in [0.15, 0.2) is 5.78 Å². The van der Waals surface area contributed by atoms with Gasteiger partial charge in [-0.05, 0) is 37.0 Å². The molecular formula is C21H18N4O. The number of fused-ring (bicyclic) bond motifs is 2. The third-order valence-corrected chi connectivity index (χ3v) is 5.17. The number of ketones is 1. The molecule has 2 aromatic carbocycles. The van der Waals surface area contributed by atoms with Crippen molar-refractivity contribution < 1.29 is 4.79 Å². The van der Waals surface area contributed by atoms with Gasteiger partial charge in [-0.1, -0.05) is 42.0 Å². The first-order chi connectivity index (χ1) is 12.7. The summed E-state index contributed by atoms with van der Waals surface area (Å²) in [6.07, 6.45) is 2.99. The molecule has 26 heavy (non-hydrogen) atoms. The van der Waals surface area contributed by atoms with Crippen molar-refractivity contribution in [3.63, 3.8) is 0 Å². The van der Waals surface area contributed by atoms with E-state index in [4.69, 9.17) is 0 Å². The standard InChI is InChI=1S/C21H18N4O/c1-13-6-8-14(9-7-13)15-10-19-16(20(26)11-15)12-22-25(19)21-23-17-4-2-3-5-18(17)24-21/h2-9,12,15H,10-11H2,1H3,(H,23,24)/t15-/m0/s1. The van der Waals surface area contributed by atoms with E-state index in [9.17, 15) is 4.79 Å². The molecule has 0 fully saturated rings. The number of rotatable bonds is 2. The van der Waals surface area contributed by atoms with Crippen LogP contribution in [0.3, 0.4) is 0 Å². The lowest BCUT2D eigenvalue weighted by Gasteiger charge is -2.22. The van der Waals surface area contributed by atoms with Crippen LogP contribution < -0.4 is 0 Å². The maximum atomic E-state index is 12.7. The van der Waals surface area contributed by atoms with Crippen LogP contribution in [0.4, 0.5) is 0 Å². The Kier molecular flexibility index (Phi) is 3.28. The van der Waals surface area contributed by atoms with E-state index in [1.165, 1.54) is 11.1 Å². The average molecular weight is 342 g/mol. The first-order valence-corrected chi connectivity index (χ1v) is 8.81. The summed E-state index contributed by atoms with van der Waals surface area (Å²) in [5, 5.41) is 4.46. The van der Waals surface area contributed by atoms with Gasteiger partial charge in [0.1, 0.15) is 0 Å². The normalized spacial score (nSPS) is 16.8. The van der Waals surface area contributed by atoms with Crippen LogP contribution >= 0.6 is 0 Å². The number of carbonyl (C=O) groups excluding carboxylic acids is 1. The number of nitrogens with one attached hydrogen (secondary N) is 1. The van der Waals surface area contributed by atoms with Crippen molar-refractivity contribution in [1.82, 2.24) is 19.7 Å². The highest BCUT2D eigenvalue weighted by atomic mass is 16.1. The minimum atomic E-state index is 0.152. The molecule has 1 N–H and O–H groups in total. The summed E-state index contributed by atoms with van der Waals surface area (Å²) in [6.45, 7) is 2.07. The number of nitrogens with zero attached hydrogens (tertiary/aromatic N) is 3. The Bertz CT molecular complexity index is 1090. The van der Waals surface area contributed by atoms with Gasteiger partial charge in [-0.25, -0.2) is 9.67 Å². The Morgan fingerprint density at radius 1 is 1.08 bits per heavy atom. The number of para-hydroxylation sites is 2. The molecule has 128 valence electrons. The topological polar surface area (TPSA) is 63.6 Å². The Morgan fingerprint density at radius 3 is 2.69 bits per heavy atom. The summed E-state index contributed by atoms with van der Waals surface area (Å²) < 4.78 is 1.79. The molecule has 0 saturated carbocycles. The molecule has 0 aliphatic heterocycles. The van der Waals surface area contributed by atoms with E-state index >= 15 is 0 Å². The fraction of sp³-hybridized carbons (Fsp3) is 0.190. The molecular weight excluding hydrogens is 324 g/mol. The number of benzene rings is 2. The van der Waals surface area contributed by atoms with Crippen molar-refractivity contribution in [2.75, 3.05) is 0 Å². The maximum absolute atomic E-state index is 12.7. The number of aromatic nitrogens is 4. The first-order valence-electron chi connectivity index (χ1n) is 8.81. The van der Waals surface area contributed by atoms with Crippen LogP contribution in [0, 0.1) is 6.92 Å². The van der Waals surface area contributed by atoms with Gasteiger partial charge in [0, 0.05) is 6.42 Å². The van der Waals surface area contributed by atoms with Gasteiger partial charge in [0.2, 0.25) is 5.95 Å². The number of H-pyrrole nitrogens is 1. The second-order valence-corrected chi connectivity index (χ2v) is 6.93. The van der Waals surface area contributed by atoms with Crippen LogP contribution in [-0.4, -0.2) is 25.5 Å². The highest BCUT2D eigenvalue weighted by Gasteiger charge is 2.30. The molecule has 0 unspecified atom stereocenters. The van der Waals surface area contributed by atoms with E-state index in [0.717, 1.165) is 23.1 Å². The lowest BCUT2D eigenvalue weighted by atomic mass is 9.82. The minimum absolute atomic E-state index is 0.152. The van der Waals surface area contributed by atoms with Crippen molar-refractivity contribution in [3.05, 3.63) is 77.1 Å². The zero-order valence-corrected chi connectivity index (χ0v) is 14.4. The summed E-state index contributed by atoms with van der Waals surface area (Å²) in [4.78, 5) is 20.6. The summed E-state index contributed by atoms with van der Waals surface area (Å²) in [6, 6.07) is 16.3. The predicted molar refractivity (Wildman–Crippen MR) is 99.8 cm³/mol. The van der Waals surface area contributed by atoms with Gasteiger partial charge < -0.3 is 4.98 Å². The van der Waals surface area contributed by atoms with E-state index in [0.29, 0.717) is 17.9 Å². The fourth-order valence-corrected chi connectivity index (χ4v) is 3.74. The molecule has 1 aliphatic carbocycles. The number of imidazole rings is 1. The summed E-state index contributed by atoms with van der Waals surface area (Å²) in [5.41, 5.74) is 5.93. The largest absolute Gasteiger partial charge is 0.322 e. The number of aryl methyl sites for hydroxylation is 1. The quantitative estimate of drug-likeness (QED) is 0.599. The molecule has 5 nitrogen and oxygen atoms in total. The summed E-state index contributed by atoms with van der Waals surface area (Å²) >= 11 is 0. The van der Waals surface area contributed by atoms with Crippen LogP contribution in [0.5, 0.6) is 0 Å². The molecule has 2 heterocycles. The first kappa shape index (κ1) is 15.1. The number of carbonyl (C=O) groups is 1. The van der Waals surface area contributed by atoms with E-state index in [2.05, 4.69) is 46.3 Å². The van der Waals surface area contributed by atoms with E-state index in [1.807, 2.05) is 24.3 Å². The van der Waals surface area contributed by atoms with Crippen LogP contribution in [0.2, 0.25) is 0 Å². The highest BCUT2D eigenvalue weighted by Crippen LogP contribution is 2.33. The molecule has 0 spiro atoms. The van der Waals surface area contributed by atoms with Crippen molar-refractivity contribution in [1.29, 1.82) is 0 Å². The van der Waals surface area contributed by atoms with Crippen molar-refractivity contribution in [2.45, 2.75) is 25.7 Å². The highest BCUT2D eigenvalue weighted by molar-refractivity contribution is 5.98. The number of hydrogen-bond donors (Lipinski definition) is 1. The number of Topliss-reactive ketones (excluding diaryl/α,β-unsaturated/α-hetero) is 1. The Labute approximate surface area is 150 Å². The van der Waals surface area contributed by atoms with E-state index in [1.54, 1.807) is 10.9 Å². The monoisotopic (exact) mass is 342 g/mol. The Morgan fingerprint density at radius 2 is 1.88 bits per heavy atom. The van der Waals surface area contributed by atoms with Crippen molar-refractivity contribution in [2.24, 2.45) is 0 Å². The second kappa shape index (κ2) is 5.66. The van der Waals surface area contributed by atoms with Crippen LogP contribution in [0.1, 0.15) is 39.5 Å². The molecule has 2 aromatic heterocycles. The minimum Gasteiger partial charge on any atom is -0.322 e. The van der Waals surface area contributed by atoms with Gasteiger partial charge in [0.25, 0.3) is 0 Å². The van der Waals surface area contributed by atoms with E-state index in [-0.39, 0.29) is 11.7 Å². The Hall–Kier alpha value is -3.21. The average Bonchev–Trinajstić information content (AvgIpc) is 3.26. The number of aromatic amines is 1. The van der Waals surface area contributed by atoms with Crippen LogP contribution in [0.25, 0.3) is 17.0 Å². The van der Waals surface area contributed by atoms with Gasteiger partial charge >= 0.3 is 0 Å². The number of hydrogen-bond acceptors (Lipinski definition) is 3. The van der Waals surface area contributed by atoms with Gasteiger partial charge in [-0.2, -0.15) is 5.10 Å². The molecule has 5 heteroatoms. The maximum Gasteiger partial charge on any atom is 0.229 e. The molecule has 0 saturated heterocycles. The lowest BCUT2D eigenvalue weighted by molar-refractivity contribution is 0.0963. The van der Waals surface area contributed by atoms with Crippen LogP contribution in [-0.2, 0) is 6.42 Å². The molecule has 1 aliphatic rings. The molecule has 5 rings (SSSR count). The summed E-state index contributed by atoms with van der Waals surface area (Å²) in [7, 11) is 0. The third-order valence-electron chi connectivity index (χ3n) is 5.17. The fourth-order valence-electron chi connectivity index (χ4n) is 3.74. The lowest BCUT2D eigenvalue weighted by Crippen LogP contribution is -2.20. The smallest absolute Gasteiger partial charge is 0.229 e. The SMILES string of the molecule is Cc1ccc([C@@H]2CC(=O)c3cnn(-c4nc5ccccc5[nH]4)c3C2)cc1. The van der Waals surface area contributed by atoms with Crippen LogP contribution in [0.15, 0.2) is 54.7 Å². The van der Waals surface area contributed by atoms with E-state index < -0.39 is 0 Å². The van der Waals surface area contributed by atoms with Gasteiger partial charge in [-0.15, -0.1) is 0 Å². The van der Waals surface area contributed by atoms with Gasteiger partial charge in [0.05, 0.1) is 28.5 Å². The zero-order valence-electron chi connectivity index (χ0n) is 14.4. The zero-order chi connectivity index (χ0) is 17.7. The predicted octanol–water partition coefficient (Wildman–Crippen LogP) is 3.97. The molecule has 0 bridgehead atoms. The van der Waals surface area contributed by atoms with Crippen molar-refractivity contribution >= 4 is 16.8 Å². The summed E-state index contributed by atoms with van der Waals surface area (Å²) in [5.74, 6) is 0.986. The third kappa shape index (κ3) is 2.36. The van der Waals surface area contributed by atoms with Crippen molar-refractivity contribution in [3.8, 4) is 5.95 Å². The molecule has 0 amide bonds. The second-order valence-electron chi connectivity index (χ2n) is 6.93.